The molecule has 3 aromatic rings. The molecule has 0 N–H and O–H groups in total. The third-order valence-electron chi connectivity index (χ3n) is 5.20. The van der Waals surface area contributed by atoms with Gasteiger partial charge in [-0.25, -0.2) is 3.63 Å². The Labute approximate surface area is 284 Å². The van der Waals surface area contributed by atoms with Crippen LogP contribution in [0.25, 0.3) is 0 Å². The quantitative estimate of drug-likeness (QED) is 0.211. The molecule has 232 valence electrons. The van der Waals surface area contributed by atoms with Gasteiger partial charge in [-0.1, -0.05) is 50.1 Å². The fourth-order valence-electron chi connectivity index (χ4n) is 3.36. The van der Waals surface area contributed by atoms with Crippen molar-refractivity contribution >= 4 is 116 Å². The van der Waals surface area contributed by atoms with E-state index in [1.54, 1.807) is 0 Å². The van der Waals surface area contributed by atoms with Crippen molar-refractivity contribution in [3.63, 3.8) is 0 Å². The highest BCUT2D eigenvalue weighted by Crippen LogP contribution is 2.76. The van der Waals surface area contributed by atoms with Crippen molar-refractivity contribution in [2.45, 2.75) is 38.0 Å². The van der Waals surface area contributed by atoms with Crippen molar-refractivity contribution in [2.75, 3.05) is 0 Å². The van der Waals surface area contributed by atoms with E-state index < -0.39 is 43.7 Å². The Balaban J connectivity index is 2.56. The summed E-state index contributed by atoms with van der Waals surface area (Å²) in [5.41, 5.74) is 0. The maximum atomic E-state index is 15.1. The van der Waals surface area contributed by atoms with E-state index >= 15 is 8.78 Å². The van der Waals surface area contributed by atoms with Crippen LogP contribution in [0.15, 0.2) is 96.1 Å². The van der Waals surface area contributed by atoms with Gasteiger partial charge >= 0.3 is 33.4 Å². The second-order valence-electron chi connectivity index (χ2n) is 7.95. The number of rotatable bonds is 8. The van der Waals surface area contributed by atoms with Gasteiger partial charge in [-0.05, 0) is 110 Å². The molecule has 0 aliphatic rings. The molecule has 0 atom stereocenters. The Kier molecular flexibility index (Phi) is 10.8. The molecule has 0 aliphatic heterocycles. The molecular weight excluding hydrogens is 1030 g/mol. The maximum Gasteiger partial charge on any atom is 0.460 e. The Bertz CT molecular complexity index is 1520. The van der Waals surface area contributed by atoms with E-state index in [9.17, 15) is 39.2 Å². The van der Waals surface area contributed by atoms with Gasteiger partial charge in [0.05, 0.1) is 9.79 Å². The lowest BCUT2D eigenvalue weighted by molar-refractivity contribution is -0.382. The summed E-state index contributed by atoms with van der Waals surface area (Å²) in [7, 11) is -11.7. The lowest BCUT2D eigenvalue weighted by atomic mass is 10.1. The van der Waals surface area contributed by atoms with Crippen molar-refractivity contribution in [3.05, 3.63) is 81.4 Å². The molecule has 0 saturated carbocycles. The first-order chi connectivity index (χ1) is 19.0. The Morgan fingerprint density at radius 2 is 0.929 bits per heavy atom. The van der Waals surface area contributed by atoms with Crippen LogP contribution in [0.5, 0.6) is 0 Å². The van der Waals surface area contributed by atoms with Crippen molar-refractivity contribution in [1.29, 1.82) is 0 Å². The van der Waals surface area contributed by atoms with Gasteiger partial charge in [-0.15, -0.1) is 0 Å². The summed E-state index contributed by atoms with van der Waals surface area (Å²) < 4.78 is 157. The summed E-state index contributed by atoms with van der Waals surface area (Å²) in [6.07, 6.45) is -7.26. The lowest BCUT2D eigenvalue weighted by Crippen LogP contribution is -2.63. The first kappa shape index (κ1) is 36.6. The van der Waals surface area contributed by atoms with Crippen LogP contribution in [-0.2, 0) is 13.7 Å². The highest BCUT2D eigenvalue weighted by molar-refractivity contribution is 9.12. The number of benzene rings is 3. The largest absolute Gasteiger partial charge is 0.460 e. The molecule has 0 spiro atoms. The molecule has 0 unspecified atom stereocenters. The van der Waals surface area contributed by atoms with Crippen molar-refractivity contribution in [1.82, 2.24) is 0 Å². The zero-order valence-corrected chi connectivity index (χ0v) is 30.6. The molecule has 0 saturated heterocycles. The number of hydrogen-bond acceptors (Lipinski definition) is 3. The summed E-state index contributed by atoms with van der Waals surface area (Å²) in [6, 6.07) is 11.6. The van der Waals surface area contributed by atoms with Crippen molar-refractivity contribution in [3.8, 4) is 0 Å². The summed E-state index contributed by atoms with van der Waals surface area (Å²) in [5.74, 6) is -15.0. The van der Waals surface area contributed by atoms with Crippen LogP contribution in [0.2, 0.25) is 0 Å². The first-order valence-corrected chi connectivity index (χ1v) is 18.0. The van der Waals surface area contributed by atoms with Gasteiger partial charge in [0.15, 0.2) is 0 Å². The number of halogens is 15. The monoisotopic (exact) mass is 1030 g/mol. The van der Waals surface area contributed by atoms with Crippen LogP contribution >= 0.6 is 106 Å². The van der Waals surface area contributed by atoms with E-state index in [-0.39, 0.29) is 32.6 Å². The van der Waals surface area contributed by atoms with Crippen LogP contribution in [-0.4, -0.2) is 31.7 Å². The van der Waals surface area contributed by atoms with Gasteiger partial charge in [0.25, 0.3) is 0 Å². The minimum absolute atomic E-state index is 0.0600. The highest BCUT2D eigenvalue weighted by atomic mass is 79.9. The van der Waals surface area contributed by atoms with Crippen LogP contribution in [0.3, 0.4) is 0 Å². The van der Waals surface area contributed by atoms with E-state index in [1.807, 2.05) is 0 Å². The molecule has 42 heavy (non-hydrogen) atoms. The van der Waals surface area contributed by atoms with E-state index in [0.29, 0.717) is 8.95 Å². The minimum Gasteiger partial charge on any atom is -0.202 e. The van der Waals surface area contributed by atoms with Crippen LogP contribution in [0, 0.1) is 0 Å². The van der Waals surface area contributed by atoms with E-state index in [1.165, 1.54) is 54.6 Å². The second kappa shape index (κ2) is 12.4. The predicted molar refractivity (Wildman–Crippen MR) is 159 cm³/mol. The molecule has 0 amide bonds. The van der Waals surface area contributed by atoms with Crippen molar-refractivity contribution in [2.24, 2.45) is 0 Å². The second-order valence-corrected chi connectivity index (χ2v) is 17.6. The molecule has 3 nitrogen and oxygen atoms in total. The third kappa shape index (κ3) is 6.14. The smallest absolute Gasteiger partial charge is 0.202 e. The van der Waals surface area contributed by atoms with Crippen LogP contribution in [0.4, 0.5) is 39.5 Å². The summed E-state index contributed by atoms with van der Waals surface area (Å²) >= 11 is 19.1. The average Bonchev–Trinajstić information content (AvgIpc) is 2.81. The van der Waals surface area contributed by atoms with Gasteiger partial charge in [-0.2, -0.15) is 47.9 Å². The molecule has 0 aromatic heterocycles. The minimum atomic E-state index is -7.51. The third-order valence-corrected chi connectivity index (χ3v) is 15.0. The molecule has 0 aliphatic carbocycles. The normalized spacial score (nSPS) is 14.3. The summed E-state index contributed by atoms with van der Waals surface area (Å²) in [6.45, 7) is 0. The Hall–Kier alpha value is 0.170. The van der Waals surface area contributed by atoms with E-state index in [4.69, 9.17) is 3.63 Å². The summed E-state index contributed by atoms with van der Waals surface area (Å²) in [5, 5.41) is -7.12. The van der Waals surface area contributed by atoms with Gasteiger partial charge in [0.2, 0.25) is 0 Å². The molecule has 0 heterocycles. The molecule has 3 aromatic carbocycles. The standard InChI is InChI=1S/C22H9Br6F9O3S2/c23-10-6-13(25)17(14(26)7-10)41(12-4-2-1-3-5-12,18-15(27)8-11(24)9-16(18)28)40-42(38,39)22(36,37)20(31,32)19(29,30)21(33,34)35/h1-9H. The van der Waals surface area contributed by atoms with E-state index in [0.717, 1.165) is 0 Å². The van der Waals surface area contributed by atoms with Gasteiger partial charge < -0.3 is 0 Å². The zero-order valence-electron chi connectivity index (χ0n) is 19.4. The fourth-order valence-corrected chi connectivity index (χ4v) is 15.9. The predicted octanol–water partition coefficient (Wildman–Crippen LogP) is 12.2. The van der Waals surface area contributed by atoms with Crippen LogP contribution in [0.1, 0.15) is 0 Å². The average molecular weight is 1040 g/mol. The van der Waals surface area contributed by atoms with Gasteiger partial charge in [0.1, 0.15) is 0 Å². The van der Waals surface area contributed by atoms with Crippen LogP contribution < -0.4 is 0 Å². The Morgan fingerprint density at radius 3 is 1.26 bits per heavy atom. The molecule has 3 rings (SSSR count). The van der Waals surface area contributed by atoms with Crippen molar-refractivity contribution < 1.29 is 51.6 Å². The fraction of sp³-hybridized carbons (Fsp3) is 0.182. The van der Waals surface area contributed by atoms with Gasteiger partial charge in [0, 0.05) is 31.7 Å². The van der Waals surface area contributed by atoms with Gasteiger partial charge in [-0.3, -0.25) is 0 Å². The molecule has 0 radical (unpaired) electrons. The summed E-state index contributed by atoms with van der Waals surface area (Å²) in [4.78, 5) is -0.862. The topological polar surface area (TPSA) is 43.4 Å². The SMILES string of the molecule is O=S(=O)(OS(c1ccccc1)(c1c(Br)cc(Br)cc1Br)c1c(Br)cc(Br)cc1Br)C(F)(F)C(F)(F)C(F)(F)C(F)(F)F. The molecular formula is C22H9Br6F9O3S2. The Morgan fingerprint density at radius 1 is 0.571 bits per heavy atom. The lowest BCUT2D eigenvalue weighted by Gasteiger charge is -2.43. The number of alkyl halides is 9. The molecule has 0 fully saturated rings. The molecule has 20 heteroatoms. The number of hydrogen-bond donors (Lipinski definition) is 0. The van der Waals surface area contributed by atoms with E-state index in [2.05, 4.69) is 95.6 Å². The zero-order chi connectivity index (χ0) is 32.3. The first-order valence-electron chi connectivity index (χ1n) is 10.3. The maximum absolute atomic E-state index is 15.1. The molecule has 0 bridgehead atoms. The highest BCUT2D eigenvalue weighted by Gasteiger charge is 2.86.